The molecule has 0 aliphatic carbocycles. The fourth-order valence-corrected chi connectivity index (χ4v) is 3.96. The number of rotatable bonds is 5. The number of carboxylic acids is 1. The monoisotopic (exact) mass is 334 g/mol. The molecular weight excluding hydrogens is 312 g/mol. The van der Waals surface area contributed by atoms with Crippen LogP contribution in [0.2, 0.25) is 0 Å². The van der Waals surface area contributed by atoms with E-state index < -0.39 is 11.5 Å². The lowest BCUT2D eigenvalue weighted by Crippen LogP contribution is -2.46. The number of hydrogen-bond acceptors (Lipinski definition) is 4. The Hall–Kier alpha value is -1.95. The molecule has 124 valence electrons. The highest BCUT2D eigenvalue weighted by Crippen LogP contribution is 2.32. The van der Waals surface area contributed by atoms with E-state index >= 15 is 0 Å². The molecule has 6 heteroatoms. The third-order valence-electron chi connectivity index (χ3n) is 4.17. The second-order valence-electron chi connectivity index (χ2n) is 6.26. The van der Waals surface area contributed by atoms with Crippen LogP contribution >= 0.6 is 11.3 Å². The van der Waals surface area contributed by atoms with Crippen molar-refractivity contribution >= 4 is 33.4 Å². The first-order chi connectivity index (χ1) is 10.7. The summed E-state index contributed by atoms with van der Waals surface area (Å²) in [4.78, 5) is 29.7. The lowest BCUT2D eigenvalue weighted by molar-refractivity contribution is -0.138. The van der Waals surface area contributed by atoms with Gasteiger partial charge in [-0.25, -0.2) is 4.98 Å². The number of thiophene rings is 1. The molecule has 2 aromatic rings. The number of aliphatic carboxylic acids is 1. The van der Waals surface area contributed by atoms with Crippen LogP contribution in [0.4, 0.5) is 0 Å². The smallest absolute Gasteiger partial charge is 0.305 e. The minimum absolute atomic E-state index is 0.102. The van der Waals surface area contributed by atoms with Crippen LogP contribution in [0, 0.1) is 20.8 Å². The van der Waals surface area contributed by atoms with Gasteiger partial charge in [-0.1, -0.05) is 6.92 Å². The molecule has 5 nitrogen and oxygen atoms in total. The fraction of sp³-hybridized carbons (Fsp3) is 0.471. The minimum atomic E-state index is -0.921. The van der Waals surface area contributed by atoms with Gasteiger partial charge in [0.1, 0.15) is 4.83 Å². The van der Waals surface area contributed by atoms with E-state index in [9.17, 15) is 9.59 Å². The molecule has 0 aliphatic rings. The van der Waals surface area contributed by atoms with Gasteiger partial charge in [0.25, 0.3) is 5.91 Å². The van der Waals surface area contributed by atoms with Gasteiger partial charge in [0.2, 0.25) is 0 Å². The number of hydrogen-bond donors (Lipinski definition) is 2. The topological polar surface area (TPSA) is 79.3 Å². The molecule has 1 amide bonds. The first-order valence-electron chi connectivity index (χ1n) is 7.58. The fourth-order valence-electron chi connectivity index (χ4n) is 2.76. The SMILES string of the molecule is CCC(C)(CC(=O)O)NC(=O)c1sc2nc(C)cc(C)c2c1C. The van der Waals surface area contributed by atoms with Gasteiger partial charge in [-0.05, 0) is 51.3 Å². The van der Waals surface area contributed by atoms with Crippen LogP contribution in [0.1, 0.15) is 53.2 Å². The predicted molar refractivity (Wildman–Crippen MR) is 92.2 cm³/mol. The Morgan fingerprint density at radius 3 is 2.57 bits per heavy atom. The van der Waals surface area contributed by atoms with Gasteiger partial charge < -0.3 is 10.4 Å². The van der Waals surface area contributed by atoms with E-state index in [1.54, 1.807) is 6.92 Å². The van der Waals surface area contributed by atoms with Crippen molar-refractivity contribution in [3.63, 3.8) is 0 Å². The van der Waals surface area contributed by atoms with Gasteiger partial charge in [-0.15, -0.1) is 11.3 Å². The molecule has 0 bridgehead atoms. The summed E-state index contributed by atoms with van der Waals surface area (Å²) in [6.45, 7) is 9.49. The van der Waals surface area contributed by atoms with Gasteiger partial charge in [-0.3, -0.25) is 9.59 Å². The highest BCUT2D eigenvalue weighted by molar-refractivity contribution is 7.20. The lowest BCUT2D eigenvalue weighted by atomic mass is 9.94. The number of carbonyl (C=O) groups is 2. The van der Waals surface area contributed by atoms with Crippen molar-refractivity contribution in [3.05, 3.63) is 27.8 Å². The zero-order valence-electron chi connectivity index (χ0n) is 14.1. The van der Waals surface area contributed by atoms with Crippen molar-refractivity contribution < 1.29 is 14.7 Å². The van der Waals surface area contributed by atoms with Gasteiger partial charge in [-0.2, -0.15) is 0 Å². The van der Waals surface area contributed by atoms with E-state index in [1.807, 2.05) is 33.8 Å². The molecule has 2 heterocycles. The van der Waals surface area contributed by atoms with Crippen molar-refractivity contribution in [1.29, 1.82) is 0 Å². The van der Waals surface area contributed by atoms with Crippen molar-refractivity contribution in [1.82, 2.24) is 10.3 Å². The average molecular weight is 334 g/mol. The largest absolute Gasteiger partial charge is 0.481 e. The Kier molecular flexibility index (Phi) is 4.75. The molecule has 23 heavy (non-hydrogen) atoms. The van der Waals surface area contributed by atoms with Crippen molar-refractivity contribution in [2.75, 3.05) is 0 Å². The number of carboxylic acid groups (broad SMARTS) is 1. The third-order valence-corrected chi connectivity index (χ3v) is 5.35. The molecule has 0 saturated carbocycles. The standard InChI is InChI=1S/C17H22N2O3S/c1-6-17(5,8-12(20)21)19-15(22)14-11(4)13-9(2)7-10(3)18-16(13)23-14/h7H,6,8H2,1-5H3,(H,19,22)(H,20,21). The lowest BCUT2D eigenvalue weighted by Gasteiger charge is -2.27. The van der Waals surface area contributed by atoms with Crippen LogP contribution in [0.3, 0.4) is 0 Å². The predicted octanol–water partition coefficient (Wildman–Crippen LogP) is 3.59. The summed E-state index contributed by atoms with van der Waals surface area (Å²) < 4.78 is 0. The van der Waals surface area contributed by atoms with E-state index in [-0.39, 0.29) is 12.3 Å². The first kappa shape index (κ1) is 17.4. The maximum Gasteiger partial charge on any atom is 0.305 e. The summed E-state index contributed by atoms with van der Waals surface area (Å²) in [5.41, 5.74) is 2.17. The molecule has 0 fully saturated rings. The summed E-state index contributed by atoms with van der Waals surface area (Å²) in [7, 11) is 0. The molecule has 0 radical (unpaired) electrons. The number of fused-ring (bicyclic) bond motifs is 1. The van der Waals surface area contributed by atoms with Crippen molar-refractivity contribution in [2.24, 2.45) is 0 Å². The van der Waals surface area contributed by atoms with Gasteiger partial charge in [0.15, 0.2) is 0 Å². The summed E-state index contributed by atoms with van der Waals surface area (Å²) >= 11 is 1.36. The number of pyridine rings is 1. The molecule has 0 spiro atoms. The van der Waals surface area contributed by atoms with Crippen molar-refractivity contribution in [2.45, 2.75) is 53.0 Å². The minimum Gasteiger partial charge on any atom is -0.481 e. The Labute approximate surface area is 139 Å². The highest BCUT2D eigenvalue weighted by Gasteiger charge is 2.29. The van der Waals surface area contributed by atoms with E-state index in [0.29, 0.717) is 11.3 Å². The third kappa shape index (κ3) is 3.52. The van der Waals surface area contributed by atoms with Crippen LogP contribution in [-0.2, 0) is 4.79 Å². The Morgan fingerprint density at radius 1 is 1.35 bits per heavy atom. The number of nitrogens with zero attached hydrogens (tertiary/aromatic N) is 1. The summed E-state index contributed by atoms with van der Waals surface area (Å²) in [5, 5.41) is 12.9. The normalized spacial score (nSPS) is 13.8. The maximum atomic E-state index is 12.7. The molecule has 1 unspecified atom stereocenters. The van der Waals surface area contributed by atoms with Crippen LogP contribution in [-0.4, -0.2) is 27.5 Å². The zero-order valence-corrected chi connectivity index (χ0v) is 14.9. The Morgan fingerprint density at radius 2 is 2.00 bits per heavy atom. The Bertz CT molecular complexity index is 782. The molecule has 2 N–H and O–H groups in total. The number of aryl methyl sites for hydroxylation is 3. The first-order valence-corrected chi connectivity index (χ1v) is 8.40. The number of nitrogens with one attached hydrogen (secondary N) is 1. The second-order valence-corrected chi connectivity index (χ2v) is 7.25. The van der Waals surface area contributed by atoms with Gasteiger partial charge in [0, 0.05) is 16.6 Å². The zero-order chi connectivity index (χ0) is 17.4. The molecule has 1 atom stereocenters. The number of aromatic nitrogens is 1. The molecular formula is C17H22N2O3S. The van der Waals surface area contributed by atoms with Crippen LogP contribution in [0.5, 0.6) is 0 Å². The van der Waals surface area contributed by atoms with E-state index in [0.717, 1.165) is 27.0 Å². The molecule has 0 saturated heterocycles. The van der Waals surface area contributed by atoms with Gasteiger partial charge in [0.05, 0.1) is 11.3 Å². The van der Waals surface area contributed by atoms with Crippen LogP contribution in [0.15, 0.2) is 6.07 Å². The number of amides is 1. The van der Waals surface area contributed by atoms with E-state index in [2.05, 4.69) is 10.3 Å². The quantitative estimate of drug-likeness (QED) is 0.875. The summed E-state index contributed by atoms with van der Waals surface area (Å²) in [6.07, 6.45) is 0.445. The van der Waals surface area contributed by atoms with E-state index in [4.69, 9.17) is 5.11 Å². The van der Waals surface area contributed by atoms with E-state index in [1.165, 1.54) is 11.3 Å². The average Bonchev–Trinajstić information content (AvgIpc) is 2.75. The Balaban J connectivity index is 2.40. The van der Waals surface area contributed by atoms with Gasteiger partial charge >= 0.3 is 5.97 Å². The molecule has 2 rings (SSSR count). The summed E-state index contributed by atoms with van der Waals surface area (Å²) in [5.74, 6) is -1.15. The molecule has 2 aromatic heterocycles. The highest BCUT2D eigenvalue weighted by atomic mass is 32.1. The van der Waals surface area contributed by atoms with Crippen LogP contribution < -0.4 is 5.32 Å². The summed E-state index contributed by atoms with van der Waals surface area (Å²) in [6, 6.07) is 2.00. The molecule has 0 aromatic carbocycles. The molecule has 0 aliphatic heterocycles. The van der Waals surface area contributed by atoms with Crippen molar-refractivity contribution in [3.8, 4) is 0 Å². The van der Waals surface area contributed by atoms with Crippen LogP contribution in [0.25, 0.3) is 10.2 Å². The maximum absolute atomic E-state index is 12.7. The second kappa shape index (κ2) is 6.28. The number of carbonyl (C=O) groups excluding carboxylic acids is 1.